The van der Waals surface area contributed by atoms with Gasteiger partial charge in [0.2, 0.25) is 0 Å². The zero-order chi connectivity index (χ0) is 20.1. The maximum Gasteiger partial charge on any atom is 0.347 e. The molecule has 0 aliphatic rings. The van der Waals surface area contributed by atoms with Gasteiger partial charge in [0.15, 0.2) is 0 Å². The molecule has 0 unspecified atom stereocenters. The third kappa shape index (κ3) is 4.66. The smallest absolute Gasteiger partial charge is 0.347 e. The zero-order valence-corrected chi connectivity index (χ0v) is 17.3. The van der Waals surface area contributed by atoms with Crippen molar-refractivity contribution in [2.45, 2.75) is 6.42 Å². The van der Waals surface area contributed by atoms with Gasteiger partial charge < -0.3 is 9.47 Å². The molecule has 0 radical (unpaired) electrons. The van der Waals surface area contributed by atoms with E-state index < -0.39 is 5.97 Å². The second-order valence-electron chi connectivity index (χ2n) is 6.59. The lowest BCUT2D eigenvalue weighted by molar-refractivity contribution is 0.0732. The van der Waals surface area contributed by atoms with Crippen LogP contribution < -0.4 is 9.47 Å². The summed E-state index contributed by atoms with van der Waals surface area (Å²) in [6, 6.07) is 29.0. The zero-order valence-electron chi connectivity index (χ0n) is 15.7. The number of carbonyl (C=O) groups is 1. The molecule has 29 heavy (non-hydrogen) atoms. The highest BCUT2D eigenvalue weighted by Gasteiger charge is 2.17. The van der Waals surface area contributed by atoms with Crippen LogP contribution in [-0.4, -0.2) is 12.6 Å². The molecule has 0 fully saturated rings. The lowest BCUT2D eigenvalue weighted by Crippen LogP contribution is -2.12. The minimum Gasteiger partial charge on any atom is -0.492 e. The molecule has 144 valence electrons. The molecule has 0 amide bonds. The van der Waals surface area contributed by atoms with Crippen molar-refractivity contribution >= 4 is 32.7 Å². The Bertz CT molecular complexity index is 1130. The Kier molecular flexibility index (Phi) is 5.92. The number of benzene rings is 4. The van der Waals surface area contributed by atoms with Crippen molar-refractivity contribution in [3.05, 3.63) is 107 Å². The van der Waals surface area contributed by atoms with Crippen molar-refractivity contribution in [3.63, 3.8) is 0 Å². The minimum absolute atomic E-state index is 0.389. The molecule has 0 saturated heterocycles. The van der Waals surface area contributed by atoms with Crippen molar-refractivity contribution in [2.24, 2.45) is 0 Å². The molecule has 4 heteroatoms. The number of hydrogen-bond donors (Lipinski definition) is 0. The molecule has 4 rings (SSSR count). The van der Waals surface area contributed by atoms with Crippen molar-refractivity contribution in [1.29, 1.82) is 0 Å². The number of carbonyl (C=O) groups excluding carboxylic acids is 1. The summed E-state index contributed by atoms with van der Waals surface area (Å²) in [4.78, 5) is 12.9. The predicted octanol–water partition coefficient (Wildman–Crippen LogP) is 6.44. The highest BCUT2D eigenvalue weighted by molar-refractivity contribution is 9.10. The molecule has 0 bridgehead atoms. The largest absolute Gasteiger partial charge is 0.492 e. The van der Waals surface area contributed by atoms with Crippen molar-refractivity contribution in [3.8, 4) is 11.5 Å². The van der Waals surface area contributed by atoms with Gasteiger partial charge >= 0.3 is 5.97 Å². The summed E-state index contributed by atoms with van der Waals surface area (Å²) in [6.07, 6.45) is 0.759. The average molecular weight is 447 g/mol. The van der Waals surface area contributed by atoms with E-state index in [9.17, 15) is 4.79 Å². The second-order valence-corrected chi connectivity index (χ2v) is 7.51. The van der Waals surface area contributed by atoms with Crippen LogP contribution in [0.15, 0.2) is 95.5 Å². The Morgan fingerprint density at radius 3 is 2.41 bits per heavy atom. The predicted molar refractivity (Wildman–Crippen MR) is 119 cm³/mol. The number of hydrogen-bond acceptors (Lipinski definition) is 3. The Balaban J connectivity index is 1.54. The third-order valence-corrected chi connectivity index (χ3v) is 5.10. The fourth-order valence-corrected chi connectivity index (χ4v) is 3.51. The normalized spacial score (nSPS) is 10.7. The summed E-state index contributed by atoms with van der Waals surface area (Å²) in [5.41, 5.74) is 1.57. The first-order valence-electron chi connectivity index (χ1n) is 9.37. The number of ether oxygens (including phenoxy) is 2. The van der Waals surface area contributed by atoms with E-state index in [0.29, 0.717) is 23.7 Å². The van der Waals surface area contributed by atoms with E-state index in [1.54, 1.807) is 18.2 Å². The van der Waals surface area contributed by atoms with Gasteiger partial charge in [0.25, 0.3) is 0 Å². The first kappa shape index (κ1) is 19.2. The van der Waals surface area contributed by atoms with E-state index in [1.165, 1.54) is 5.56 Å². The molecule has 0 heterocycles. The lowest BCUT2D eigenvalue weighted by atomic mass is 10.1. The number of fused-ring (bicyclic) bond motifs is 1. The van der Waals surface area contributed by atoms with Crippen LogP contribution in [0, 0.1) is 0 Å². The monoisotopic (exact) mass is 446 g/mol. The van der Waals surface area contributed by atoms with Crippen LogP contribution in [0.4, 0.5) is 0 Å². The van der Waals surface area contributed by atoms with Crippen LogP contribution in [-0.2, 0) is 6.42 Å². The molecule has 4 aromatic rings. The Labute approximate surface area is 178 Å². The van der Waals surface area contributed by atoms with Gasteiger partial charge in [-0.3, -0.25) is 0 Å². The summed E-state index contributed by atoms with van der Waals surface area (Å²) in [6.45, 7) is 0.472. The second kappa shape index (κ2) is 8.93. The van der Waals surface area contributed by atoms with Crippen LogP contribution in [0.5, 0.6) is 11.5 Å². The summed E-state index contributed by atoms with van der Waals surface area (Å²) in [5.74, 6) is 0.593. The number of esters is 1. The molecule has 0 atom stereocenters. The maximum absolute atomic E-state index is 12.9. The van der Waals surface area contributed by atoms with Crippen LogP contribution >= 0.6 is 15.9 Å². The van der Waals surface area contributed by atoms with Crippen LogP contribution in [0.25, 0.3) is 10.8 Å². The van der Waals surface area contributed by atoms with E-state index in [1.807, 2.05) is 60.7 Å². The summed E-state index contributed by atoms with van der Waals surface area (Å²) >= 11 is 3.43. The average Bonchev–Trinajstić information content (AvgIpc) is 2.76. The van der Waals surface area contributed by atoms with Crippen LogP contribution in [0.1, 0.15) is 15.9 Å². The molecule has 0 N–H and O–H groups in total. The van der Waals surface area contributed by atoms with Gasteiger partial charge in [-0.15, -0.1) is 0 Å². The molecule has 0 saturated carbocycles. The van der Waals surface area contributed by atoms with Crippen LogP contribution in [0.2, 0.25) is 0 Å². The lowest BCUT2D eigenvalue weighted by Gasteiger charge is -2.13. The van der Waals surface area contributed by atoms with Gasteiger partial charge in [0.1, 0.15) is 17.1 Å². The fraction of sp³-hybridized carbons (Fsp3) is 0.0800. The number of halogens is 1. The Morgan fingerprint density at radius 2 is 1.55 bits per heavy atom. The molecular formula is C25H19BrO3. The van der Waals surface area contributed by atoms with Gasteiger partial charge in [-0.05, 0) is 35.2 Å². The standard InChI is InChI=1S/C25H19BrO3/c26-20-13-14-23(28-16-15-18-7-2-1-3-8-18)22(17-20)25(27)29-24-12-6-10-19-9-4-5-11-21(19)24/h1-14,17H,15-16H2. The molecule has 3 nitrogen and oxygen atoms in total. The van der Waals surface area contributed by atoms with Gasteiger partial charge in [-0.1, -0.05) is 82.7 Å². The van der Waals surface area contributed by atoms with E-state index >= 15 is 0 Å². The van der Waals surface area contributed by atoms with Crippen molar-refractivity contribution in [2.75, 3.05) is 6.61 Å². The fourth-order valence-electron chi connectivity index (χ4n) is 3.15. The molecule has 0 aromatic heterocycles. The summed E-state index contributed by atoms with van der Waals surface area (Å²) in [7, 11) is 0. The highest BCUT2D eigenvalue weighted by atomic mass is 79.9. The van der Waals surface area contributed by atoms with E-state index in [2.05, 4.69) is 28.1 Å². The molecule has 0 aliphatic heterocycles. The topological polar surface area (TPSA) is 35.5 Å². The molecular weight excluding hydrogens is 428 g/mol. The van der Waals surface area contributed by atoms with Gasteiger partial charge in [-0.25, -0.2) is 4.79 Å². The summed E-state index contributed by atoms with van der Waals surface area (Å²) < 4.78 is 12.4. The molecule has 4 aromatic carbocycles. The van der Waals surface area contributed by atoms with Gasteiger partial charge in [-0.2, -0.15) is 0 Å². The minimum atomic E-state index is -0.447. The van der Waals surface area contributed by atoms with Crippen molar-refractivity contribution < 1.29 is 14.3 Å². The van der Waals surface area contributed by atoms with E-state index in [-0.39, 0.29) is 0 Å². The molecule has 0 aliphatic carbocycles. The molecule has 0 spiro atoms. The SMILES string of the molecule is O=C(Oc1cccc2ccccc12)c1cc(Br)ccc1OCCc1ccccc1. The first-order chi connectivity index (χ1) is 14.2. The van der Waals surface area contributed by atoms with Crippen LogP contribution in [0.3, 0.4) is 0 Å². The van der Waals surface area contributed by atoms with Crippen molar-refractivity contribution in [1.82, 2.24) is 0 Å². The maximum atomic E-state index is 12.9. The third-order valence-electron chi connectivity index (χ3n) is 4.60. The first-order valence-corrected chi connectivity index (χ1v) is 10.2. The number of rotatable bonds is 6. The van der Waals surface area contributed by atoms with E-state index in [0.717, 1.165) is 21.7 Å². The quantitative estimate of drug-likeness (QED) is 0.252. The Morgan fingerprint density at radius 1 is 0.793 bits per heavy atom. The Hall–Kier alpha value is -3.11. The summed E-state index contributed by atoms with van der Waals surface area (Å²) in [5, 5.41) is 1.91. The van der Waals surface area contributed by atoms with E-state index in [4.69, 9.17) is 9.47 Å². The van der Waals surface area contributed by atoms with Gasteiger partial charge in [0, 0.05) is 16.3 Å². The van der Waals surface area contributed by atoms with Gasteiger partial charge in [0.05, 0.1) is 6.61 Å². The highest BCUT2D eigenvalue weighted by Crippen LogP contribution is 2.29.